The molecule has 1 N–H and O–H groups in total. The molecule has 2 aromatic rings. The molecule has 4 rings (SSSR count). The van der Waals surface area contributed by atoms with Crippen molar-refractivity contribution < 1.29 is 9.18 Å². The molecule has 6 heteroatoms. The summed E-state index contributed by atoms with van der Waals surface area (Å²) >= 11 is 6.18. The van der Waals surface area contributed by atoms with Gasteiger partial charge in [-0.3, -0.25) is 4.79 Å². The molecule has 160 valence electrons. The number of fused-ring (bicyclic) bond motifs is 1. The van der Waals surface area contributed by atoms with Gasteiger partial charge in [0.25, 0.3) is 5.91 Å². The maximum absolute atomic E-state index is 13.6. The maximum Gasteiger partial charge on any atom is 0.254 e. The third-order valence-corrected chi connectivity index (χ3v) is 6.84. The van der Waals surface area contributed by atoms with Gasteiger partial charge in [0.1, 0.15) is 5.82 Å². The molecule has 0 spiro atoms. The van der Waals surface area contributed by atoms with Crippen LogP contribution in [0.15, 0.2) is 36.4 Å². The van der Waals surface area contributed by atoms with Crippen LogP contribution in [-0.4, -0.2) is 55.0 Å². The van der Waals surface area contributed by atoms with Crippen LogP contribution in [0.5, 0.6) is 0 Å². The van der Waals surface area contributed by atoms with E-state index >= 15 is 0 Å². The summed E-state index contributed by atoms with van der Waals surface area (Å²) in [7, 11) is 0. The van der Waals surface area contributed by atoms with Crippen molar-refractivity contribution >= 4 is 23.2 Å². The van der Waals surface area contributed by atoms with Crippen LogP contribution in [0.4, 0.5) is 10.1 Å². The average Bonchev–Trinajstić information content (AvgIpc) is 3.28. The van der Waals surface area contributed by atoms with Crippen LogP contribution in [-0.2, 0) is 0 Å². The van der Waals surface area contributed by atoms with Gasteiger partial charge in [0.15, 0.2) is 0 Å². The molecule has 2 heterocycles. The number of hydrogen-bond acceptors (Lipinski definition) is 3. The van der Waals surface area contributed by atoms with Crippen molar-refractivity contribution in [2.75, 3.05) is 44.6 Å². The smallest absolute Gasteiger partial charge is 0.254 e. The Kier molecular flexibility index (Phi) is 6.30. The molecule has 0 radical (unpaired) electrons. The fourth-order valence-corrected chi connectivity index (χ4v) is 4.85. The molecular formula is C24H29ClFN3O. The molecule has 2 aromatic carbocycles. The Bertz CT molecular complexity index is 921. The summed E-state index contributed by atoms with van der Waals surface area (Å²) in [5, 5.41) is 4.23. The fourth-order valence-electron chi connectivity index (χ4n) is 4.67. The van der Waals surface area contributed by atoms with Gasteiger partial charge in [0.05, 0.1) is 0 Å². The molecule has 1 amide bonds. The first-order valence-electron chi connectivity index (χ1n) is 10.7. The number of carbonyl (C=O) groups is 1. The first kappa shape index (κ1) is 21.1. The first-order valence-corrected chi connectivity index (χ1v) is 11.1. The van der Waals surface area contributed by atoms with Gasteiger partial charge in [-0.2, -0.15) is 0 Å². The summed E-state index contributed by atoms with van der Waals surface area (Å²) < 4.78 is 13.6. The van der Waals surface area contributed by atoms with E-state index in [1.54, 1.807) is 6.07 Å². The van der Waals surface area contributed by atoms with Crippen molar-refractivity contribution in [2.24, 2.45) is 11.8 Å². The minimum absolute atomic E-state index is 0.0334. The first-order chi connectivity index (χ1) is 14.4. The van der Waals surface area contributed by atoms with E-state index in [1.165, 1.54) is 12.1 Å². The Morgan fingerprint density at radius 1 is 1.07 bits per heavy atom. The molecule has 0 aliphatic carbocycles. The molecule has 4 nitrogen and oxygen atoms in total. The van der Waals surface area contributed by atoms with Crippen molar-refractivity contribution in [3.63, 3.8) is 0 Å². The standard InChI is InChI=1S/C24H29ClFN3O/c1-16-4-6-20(26)10-22(16)24(30)29-14-18-12-28(13-19(18)15-29)9-3-8-27-21-7-5-17(2)23(25)11-21/h4-7,10-11,18-19,27H,3,8-9,12-15H2,1-2H3. The molecule has 2 saturated heterocycles. The number of rotatable bonds is 6. The number of nitrogens with zero attached hydrogens (tertiary/aromatic N) is 2. The van der Waals surface area contributed by atoms with Crippen LogP contribution >= 0.6 is 11.6 Å². The molecule has 2 atom stereocenters. The van der Waals surface area contributed by atoms with E-state index in [0.717, 1.165) is 67.5 Å². The molecule has 0 aromatic heterocycles. The van der Waals surface area contributed by atoms with E-state index in [-0.39, 0.29) is 11.7 Å². The highest BCUT2D eigenvalue weighted by atomic mass is 35.5. The van der Waals surface area contributed by atoms with Gasteiger partial charge in [0, 0.05) is 49.0 Å². The van der Waals surface area contributed by atoms with E-state index < -0.39 is 0 Å². The minimum Gasteiger partial charge on any atom is -0.385 e. The van der Waals surface area contributed by atoms with Crippen molar-refractivity contribution in [1.29, 1.82) is 0 Å². The monoisotopic (exact) mass is 429 g/mol. The number of carbonyl (C=O) groups excluding carboxylic acids is 1. The Labute approximate surface area is 183 Å². The average molecular weight is 430 g/mol. The van der Waals surface area contributed by atoms with Crippen molar-refractivity contribution in [3.8, 4) is 0 Å². The highest BCUT2D eigenvalue weighted by Gasteiger charge is 2.41. The summed E-state index contributed by atoms with van der Waals surface area (Å²) in [6.07, 6.45) is 1.07. The third-order valence-electron chi connectivity index (χ3n) is 6.43. The molecule has 30 heavy (non-hydrogen) atoms. The number of anilines is 1. The molecule has 2 fully saturated rings. The van der Waals surface area contributed by atoms with Crippen LogP contribution in [0, 0.1) is 31.5 Å². The zero-order valence-corrected chi connectivity index (χ0v) is 18.4. The SMILES string of the molecule is Cc1ccc(NCCCN2CC3CN(C(=O)c4cc(F)ccc4C)CC3C2)cc1Cl. The molecule has 0 bridgehead atoms. The second kappa shape index (κ2) is 8.94. The van der Waals surface area contributed by atoms with Crippen LogP contribution in [0.1, 0.15) is 27.9 Å². The van der Waals surface area contributed by atoms with Gasteiger partial charge in [-0.15, -0.1) is 0 Å². The number of benzene rings is 2. The summed E-state index contributed by atoms with van der Waals surface area (Å²) in [6.45, 7) is 9.45. The summed E-state index contributed by atoms with van der Waals surface area (Å²) in [5.74, 6) is 0.656. The number of amides is 1. The zero-order valence-electron chi connectivity index (χ0n) is 17.6. The Balaban J connectivity index is 1.22. The van der Waals surface area contributed by atoms with Gasteiger partial charge in [-0.05, 0) is 74.0 Å². The van der Waals surface area contributed by atoms with Gasteiger partial charge < -0.3 is 15.1 Å². The van der Waals surface area contributed by atoms with Gasteiger partial charge in [-0.25, -0.2) is 4.39 Å². The van der Waals surface area contributed by atoms with Gasteiger partial charge >= 0.3 is 0 Å². The van der Waals surface area contributed by atoms with Crippen molar-refractivity contribution in [2.45, 2.75) is 20.3 Å². The highest BCUT2D eigenvalue weighted by Crippen LogP contribution is 2.32. The van der Waals surface area contributed by atoms with Gasteiger partial charge in [0.2, 0.25) is 0 Å². The Morgan fingerprint density at radius 2 is 1.77 bits per heavy atom. The summed E-state index contributed by atoms with van der Waals surface area (Å²) in [6, 6.07) is 10.5. The lowest BCUT2D eigenvalue weighted by Gasteiger charge is -2.22. The fraction of sp³-hybridized carbons (Fsp3) is 0.458. The quantitative estimate of drug-likeness (QED) is 0.681. The number of likely N-dealkylation sites (tertiary alicyclic amines) is 2. The van der Waals surface area contributed by atoms with Crippen LogP contribution < -0.4 is 5.32 Å². The topological polar surface area (TPSA) is 35.6 Å². The molecule has 2 aliphatic heterocycles. The molecule has 2 aliphatic rings. The zero-order chi connectivity index (χ0) is 21.3. The van der Waals surface area contributed by atoms with Crippen LogP contribution in [0.3, 0.4) is 0 Å². The predicted octanol–water partition coefficient (Wildman–Crippen LogP) is 4.60. The van der Waals surface area contributed by atoms with Crippen molar-refractivity contribution in [3.05, 3.63) is 63.9 Å². The maximum atomic E-state index is 13.6. The second-order valence-corrected chi connectivity index (χ2v) is 9.10. The number of aryl methyl sites for hydroxylation is 2. The van der Waals surface area contributed by atoms with Crippen LogP contribution in [0.25, 0.3) is 0 Å². The number of hydrogen-bond donors (Lipinski definition) is 1. The van der Waals surface area contributed by atoms with E-state index in [0.29, 0.717) is 17.4 Å². The molecule has 0 saturated carbocycles. The lowest BCUT2D eigenvalue weighted by Crippen LogP contribution is -2.34. The van der Waals surface area contributed by atoms with Gasteiger partial charge in [-0.1, -0.05) is 23.7 Å². The van der Waals surface area contributed by atoms with E-state index in [9.17, 15) is 9.18 Å². The minimum atomic E-state index is -0.351. The Morgan fingerprint density at radius 3 is 2.47 bits per heavy atom. The number of halogens is 2. The molecule has 2 unspecified atom stereocenters. The summed E-state index contributed by atoms with van der Waals surface area (Å²) in [5.41, 5.74) is 3.48. The van der Waals surface area contributed by atoms with Crippen molar-refractivity contribution in [1.82, 2.24) is 9.80 Å². The van der Waals surface area contributed by atoms with E-state index in [2.05, 4.69) is 16.3 Å². The van der Waals surface area contributed by atoms with E-state index in [1.807, 2.05) is 30.9 Å². The predicted molar refractivity (Wildman–Crippen MR) is 120 cm³/mol. The lowest BCUT2D eigenvalue weighted by molar-refractivity contribution is 0.0773. The molecular weight excluding hydrogens is 401 g/mol. The largest absolute Gasteiger partial charge is 0.385 e. The lowest BCUT2D eigenvalue weighted by atomic mass is 10.0. The van der Waals surface area contributed by atoms with E-state index in [4.69, 9.17) is 11.6 Å². The number of nitrogens with one attached hydrogen (secondary N) is 1. The highest BCUT2D eigenvalue weighted by molar-refractivity contribution is 6.31. The third kappa shape index (κ3) is 4.62. The Hall–Kier alpha value is -2.11. The normalized spacial score (nSPS) is 21.1. The second-order valence-electron chi connectivity index (χ2n) is 8.69. The summed E-state index contributed by atoms with van der Waals surface area (Å²) in [4.78, 5) is 17.3. The van der Waals surface area contributed by atoms with Crippen LogP contribution in [0.2, 0.25) is 5.02 Å².